The molecule has 1 aliphatic carbocycles. The van der Waals surface area contributed by atoms with Crippen LogP contribution in [0.4, 0.5) is 0 Å². The lowest BCUT2D eigenvalue weighted by molar-refractivity contribution is -0.132. The molecule has 0 aromatic carbocycles. The molecule has 0 aromatic rings. The van der Waals surface area contributed by atoms with E-state index < -0.39 is 5.97 Å². The van der Waals surface area contributed by atoms with E-state index in [2.05, 4.69) is 12.2 Å². The molecule has 0 radical (unpaired) electrons. The van der Waals surface area contributed by atoms with Crippen molar-refractivity contribution in [3.63, 3.8) is 0 Å². The van der Waals surface area contributed by atoms with Gasteiger partial charge in [-0.05, 0) is 33.1 Å². The molecule has 0 heterocycles. The molecule has 0 atom stereocenters. The average molecular weight is 183 g/mol. The SMILES string of the molecule is CC(=CCNC1(C)CCC1)C(=O)O. The van der Waals surface area contributed by atoms with Gasteiger partial charge in [0.15, 0.2) is 0 Å². The van der Waals surface area contributed by atoms with Crippen molar-refractivity contribution in [2.24, 2.45) is 0 Å². The molecule has 0 amide bonds. The number of carboxylic acids is 1. The third kappa shape index (κ3) is 2.84. The van der Waals surface area contributed by atoms with Gasteiger partial charge in [0.2, 0.25) is 0 Å². The molecule has 1 fully saturated rings. The van der Waals surface area contributed by atoms with E-state index in [-0.39, 0.29) is 5.54 Å². The van der Waals surface area contributed by atoms with Gasteiger partial charge in [-0.1, -0.05) is 6.08 Å². The standard InChI is InChI=1S/C10H17NO2/c1-8(9(12)13)4-7-11-10(2)5-3-6-10/h4,11H,3,5-7H2,1-2H3,(H,12,13). The number of hydrogen-bond donors (Lipinski definition) is 2. The van der Waals surface area contributed by atoms with Crippen molar-refractivity contribution in [3.8, 4) is 0 Å². The van der Waals surface area contributed by atoms with Crippen LogP contribution in [0.15, 0.2) is 11.6 Å². The highest BCUT2D eigenvalue weighted by Gasteiger charge is 2.30. The number of carboxylic acid groups (broad SMARTS) is 1. The van der Waals surface area contributed by atoms with Gasteiger partial charge in [0.05, 0.1) is 0 Å². The molecule has 0 bridgehead atoms. The van der Waals surface area contributed by atoms with Gasteiger partial charge in [-0.25, -0.2) is 4.79 Å². The summed E-state index contributed by atoms with van der Waals surface area (Å²) in [6, 6.07) is 0. The van der Waals surface area contributed by atoms with Crippen molar-refractivity contribution >= 4 is 5.97 Å². The molecular formula is C10H17NO2. The summed E-state index contributed by atoms with van der Waals surface area (Å²) in [6.07, 6.45) is 5.41. The molecule has 0 aliphatic heterocycles. The maximum absolute atomic E-state index is 10.4. The Kier molecular flexibility index (Phi) is 3.09. The monoisotopic (exact) mass is 183 g/mol. The summed E-state index contributed by atoms with van der Waals surface area (Å²) in [6.45, 7) is 4.46. The highest BCUT2D eigenvalue weighted by Crippen LogP contribution is 2.30. The number of rotatable bonds is 4. The fourth-order valence-electron chi connectivity index (χ4n) is 1.42. The van der Waals surface area contributed by atoms with Crippen LogP contribution >= 0.6 is 0 Å². The van der Waals surface area contributed by atoms with Crippen LogP contribution in [0.25, 0.3) is 0 Å². The zero-order chi connectivity index (χ0) is 9.90. The van der Waals surface area contributed by atoms with Crippen LogP contribution in [-0.2, 0) is 4.79 Å². The smallest absolute Gasteiger partial charge is 0.330 e. The Morgan fingerprint density at radius 3 is 2.62 bits per heavy atom. The van der Waals surface area contributed by atoms with Gasteiger partial charge < -0.3 is 10.4 Å². The van der Waals surface area contributed by atoms with Gasteiger partial charge in [-0.3, -0.25) is 0 Å². The predicted molar refractivity (Wildman–Crippen MR) is 51.7 cm³/mol. The molecule has 1 aliphatic rings. The largest absolute Gasteiger partial charge is 0.478 e. The van der Waals surface area contributed by atoms with Crippen LogP contribution in [0.1, 0.15) is 33.1 Å². The van der Waals surface area contributed by atoms with Crippen LogP contribution in [0.2, 0.25) is 0 Å². The van der Waals surface area contributed by atoms with E-state index in [9.17, 15) is 4.79 Å². The van der Waals surface area contributed by atoms with Crippen molar-refractivity contribution < 1.29 is 9.90 Å². The van der Waals surface area contributed by atoms with Crippen LogP contribution < -0.4 is 5.32 Å². The Morgan fingerprint density at radius 1 is 1.62 bits per heavy atom. The first-order valence-corrected chi connectivity index (χ1v) is 4.69. The summed E-state index contributed by atoms with van der Waals surface area (Å²) in [4.78, 5) is 10.4. The van der Waals surface area contributed by atoms with Crippen molar-refractivity contribution in [3.05, 3.63) is 11.6 Å². The Labute approximate surface area is 78.8 Å². The molecule has 3 nitrogen and oxygen atoms in total. The minimum Gasteiger partial charge on any atom is -0.478 e. The first kappa shape index (κ1) is 10.3. The van der Waals surface area contributed by atoms with Gasteiger partial charge in [-0.15, -0.1) is 0 Å². The molecule has 1 saturated carbocycles. The molecule has 0 aromatic heterocycles. The Bertz CT molecular complexity index is 229. The minimum atomic E-state index is -0.833. The van der Waals surface area contributed by atoms with Gasteiger partial charge in [0, 0.05) is 17.7 Å². The molecule has 74 valence electrons. The van der Waals surface area contributed by atoms with Gasteiger partial charge in [-0.2, -0.15) is 0 Å². The normalized spacial score (nSPS) is 20.9. The van der Waals surface area contributed by atoms with E-state index in [1.165, 1.54) is 19.3 Å². The van der Waals surface area contributed by atoms with E-state index in [1.807, 2.05) is 0 Å². The van der Waals surface area contributed by atoms with Gasteiger partial charge >= 0.3 is 5.97 Å². The Hall–Kier alpha value is -0.830. The van der Waals surface area contributed by atoms with Crippen LogP contribution in [0.5, 0.6) is 0 Å². The second kappa shape index (κ2) is 3.92. The van der Waals surface area contributed by atoms with Crippen molar-refractivity contribution in [1.29, 1.82) is 0 Å². The van der Waals surface area contributed by atoms with Crippen molar-refractivity contribution in [2.45, 2.75) is 38.6 Å². The molecule has 3 heteroatoms. The summed E-state index contributed by atoms with van der Waals surface area (Å²) in [5.74, 6) is -0.833. The second-order valence-electron chi connectivity index (χ2n) is 3.99. The second-order valence-corrected chi connectivity index (χ2v) is 3.99. The first-order chi connectivity index (χ1) is 6.03. The molecule has 0 spiro atoms. The summed E-state index contributed by atoms with van der Waals surface area (Å²) >= 11 is 0. The van der Waals surface area contributed by atoms with E-state index in [0.29, 0.717) is 12.1 Å². The molecule has 2 N–H and O–H groups in total. The van der Waals surface area contributed by atoms with E-state index in [4.69, 9.17) is 5.11 Å². The highest BCUT2D eigenvalue weighted by molar-refractivity contribution is 5.85. The number of nitrogens with one attached hydrogen (secondary N) is 1. The minimum absolute atomic E-state index is 0.259. The lowest BCUT2D eigenvalue weighted by Gasteiger charge is -2.39. The van der Waals surface area contributed by atoms with Crippen LogP contribution in [0, 0.1) is 0 Å². The van der Waals surface area contributed by atoms with E-state index >= 15 is 0 Å². The summed E-state index contributed by atoms with van der Waals surface area (Å²) in [5.41, 5.74) is 0.672. The topological polar surface area (TPSA) is 49.3 Å². The average Bonchev–Trinajstić information content (AvgIpc) is 2.01. The Balaban J connectivity index is 2.27. The fourth-order valence-corrected chi connectivity index (χ4v) is 1.42. The highest BCUT2D eigenvalue weighted by atomic mass is 16.4. The summed E-state index contributed by atoms with van der Waals surface area (Å²) in [5, 5.41) is 11.9. The molecule has 1 rings (SSSR count). The zero-order valence-electron chi connectivity index (χ0n) is 8.26. The maximum atomic E-state index is 10.4. The molecular weight excluding hydrogens is 166 g/mol. The fraction of sp³-hybridized carbons (Fsp3) is 0.700. The van der Waals surface area contributed by atoms with Crippen molar-refractivity contribution in [1.82, 2.24) is 5.32 Å². The zero-order valence-corrected chi connectivity index (χ0v) is 8.26. The van der Waals surface area contributed by atoms with Crippen molar-refractivity contribution in [2.75, 3.05) is 6.54 Å². The third-order valence-electron chi connectivity index (χ3n) is 2.73. The quantitative estimate of drug-likeness (QED) is 0.650. The summed E-state index contributed by atoms with van der Waals surface area (Å²) in [7, 11) is 0. The molecule has 0 saturated heterocycles. The van der Waals surface area contributed by atoms with E-state index in [1.54, 1.807) is 13.0 Å². The Morgan fingerprint density at radius 2 is 2.23 bits per heavy atom. The van der Waals surface area contributed by atoms with Crippen LogP contribution in [-0.4, -0.2) is 23.2 Å². The number of aliphatic carboxylic acids is 1. The van der Waals surface area contributed by atoms with Gasteiger partial charge in [0.1, 0.15) is 0 Å². The van der Waals surface area contributed by atoms with E-state index in [0.717, 1.165) is 0 Å². The lowest BCUT2D eigenvalue weighted by Crippen LogP contribution is -2.48. The lowest BCUT2D eigenvalue weighted by atomic mass is 9.78. The third-order valence-corrected chi connectivity index (χ3v) is 2.73. The maximum Gasteiger partial charge on any atom is 0.330 e. The first-order valence-electron chi connectivity index (χ1n) is 4.69. The predicted octanol–water partition coefficient (Wildman–Crippen LogP) is 1.55. The number of carbonyl (C=O) groups is 1. The van der Waals surface area contributed by atoms with Crippen LogP contribution in [0.3, 0.4) is 0 Å². The van der Waals surface area contributed by atoms with Gasteiger partial charge in [0.25, 0.3) is 0 Å². The molecule has 13 heavy (non-hydrogen) atoms. The number of hydrogen-bond acceptors (Lipinski definition) is 2. The molecule has 0 unspecified atom stereocenters. The summed E-state index contributed by atoms with van der Waals surface area (Å²) < 4.78 is 0.